The van der Waals surface area contributed by atoms with Crippen LogP contribution in [-0.4, -0.2) is 23.6 Å². The number of hydrogen-bond donors (Lipinski definition) is 0. The molecule has 4 rings (SSSR count). The summed E-state index contributed by atoms with van der Waals surface area (Å²) in [7, 11) is 0. The predicted octanol–water partition coefficient (Wildman–Crippen LogP) is 4.61. The van der Waals surface area contributed by atoms with E-state index in [1.54, 1.807) is 0 Å². The van der Waals surface area contributed by atoms with Gasteiger partial charge < -0.3 is 0 Å². The van der Waals surface area contributed by atoms with Crippen LogP contribution in [-0.2, 0) is 32.0 Å². The minimum atomic E-state index is -0.256. The minimum Gasteiger partial charge on any atom is -0.269 e. The highest BCUT2D eigenvalue weighted by molar-refractivity contribution is 6.29. The Hall–Kier alpha value is -3.80. The van der Waals surface area contributed by atoms with Gasteiger partial charge in [-0.05, 0) is 48.9 Å². The van der Waals surface area contributed by atoms with Crippen LogP contribution >= 0.6 is 0 Å². The summed E-state index contributed by atoms with van der Waals surface area (Å²) in [6.07, 6.45) is 6.85. The van der Waals surface area contributed by atoms with Crippen LogP contribution in [0.2, 0.25) is 0 Å². The molecule has 2 aliphatic rings. The molecule has 6 heteroatoms. The van der Waals surface area contributed by atoms with Crippen LogP contribution in [0.15, 0.2) is 60.7 Å². The van der Waals surface area contributed by atoms with E-state index in [-0.39, 0.29) is 31.1 Å². The Bertz CT molecular complexity index is 1030. The molecule has 172 valence electrons. The van der Waals surface area contributed by atoms with Gasteiger partial charge in [0.2, 0.25) is 0 Å². The van der Waals surface area contributed by atoms with E-state index in [9.17, 15) is 19.2 Å². The second kappa shape index (κ2) is 10.7. The molecule has 0 spiro atoms. The van der Waals surface area contributed by atoms with Crippen LogP contribution in [0.1, 0.15) is 43.5 Å². The second-order valence-corrected chi connectivity index (χ2v) is 7.56. The third-order valence-corrected chi connectivity index (χ3v) is 5.47. The normalized spacial score (nSPS) is 14.5. The summed E-state index contributed by atoms with van der Waals surface area (Å²) in [6, 6.07) is 11.6. The summed E-state index contributed by atoms with van der Waals surface area (Å²) in [4.78, 5) is 49.0. The van der Waals surface area contributed by atoms with Gasteiger partial charge in [-0.15, -0.1) is 0 Å². The van der Waals surface area contributed by atoms with Crippen molar-refractivity contribution < 1.29 is 19.2 Å². The van der Waals surface area contributed by atoms with E-state index < -0.39 is 0 Å². The molecule has 2 aliphatic heterocycles. The summed E-state index contributed by atoms with van der Waals surface area (Å²) < 4.78 is 0. The highest BCUT2D eigenvalue weighted by Gasteiger charge is 2.28. The summed E-state index contributed by atoms with van der Waals surface area (Å²) in [5.41, 5.74) is 5.42. The number of amides is 4. The van der Waals surface area contributed by atoms with Crippen molar-refractivity contribution in [2.24, 2.45) is 0 Å². The number of aryl methyl sites for hydroxylation is 4. The molecule has 0 bridgehead atoms. The Morgan fingerprint density at radius 1 is 0.576 bits per heavy atom. The number of imide groups is 2. The largest absolute Gasteiger partial charge is 0.269 e. The van der Waals surface area contributed by atoms with Gasteiger partial charge in [-0.1, -0.05) is 57.7 Å². The molecule has 0 N–H and O–H groups in total. The lowest BCUT2D eigenvalue weighted by Gasteiger charge is -2.19. The third-order valence-electron chi connectivity index (χ3n) is 5.47. The molecular weight excluding hydrogens is 416 g/mol. The van der Waals surface area contributed by atoms with E-state index in [2.05, 4.69) is 0 Å². The Kier molecular flexibility index (Phi) is 8.24. The number of carbonyl (C=O) groups is 4. The van der Waals surface area contributed by atoms with E-state index in [0.717, 1.165) is 46.5 Å². The SMILES string of the molecule is C.CCc1cccc(C)c1N1C(=O)C=CC1=O.CCc1cccc(C)c1N1C(=O)C=CC1=O. The first-order chi connectivity index (χ1) is 15.3. The number of carbonyl (C=O) groups excluding carboxylic acids is 4. The molecule has 0 saturated heterocycles. The molecular formula is C27H30N2O4. The highest BCUT2D eigenvalue weighted by Crippen LogP contribution is 2.29. The average Bonchev–Trinajstić information content (AvgIpc) is 3.28. The van der Waals surface area contributed by atoms with Gasteiger partial charge in [-0.25, -0.2) is 9.80 Å². The first-order valence-corrected chi connectivity index (χ1v) is 10.6. The molecule has 0 aliphatic carbocycles. The van der Waals surface area contributed by atoms with E-state index >= 15 is 0 Å². The number of rotatable bonds is 4. The Morgan fingerprint density at radius 2 is 0.879 bits per heavy atom. The van der Waals surface area contributed by atoms with Gasteiger partial charge in [-0.2, -0.15) is 0 Å². The van der Waals surface area contributed by atoms with Gasteiger partial charge in [0.1, 0.15) is 0 Å². The summed E-state index contributed by atoms with van der Waals surface area (Å²) in [6.45, 7) is 7.84. The number of hydrogen-bond acceptors (Lipinski definition) is 4. The van der Waals surface area contributed by atoms with Crippen molar-refractivity contribution >= 4 is 35.0 Å². The standard InChI is InChI=1S/2C13H13NO2.CH4/c2*1-3-10-6-4-5-9(2)13(10)14-11(15)7-8-12(14)16;/h2*4-8H,3H2,1-2H3;1H4. The zero-order valence-corrected chi connectivity index (χ0v) is 18.7. The van der Waals surface area contributed by atoms with E-state index in [0.29, 0.717) is 0 Å². The smallest absolute Gasteiger partial charge is 0.258 e. The molecule has 0 radical (unpaired) electrons. The molecule has 4 amide bonds. The van der Waals surface area contributed by atoms with Gasteiger partial charge in [-0.3, -0.25) is 19.2 Å². The fourth-order valence-corrected chi connectivity index (χ4v) is 3.89. The second-order valence-electron chi connectivity index (χ2n) is 7.56. The van der Waals surface area contributed by atoms with Gasteiger partial charge >= 0.3 is 0 Å². The van der Waals surface area contributed by atoms with Crippen molar-refractivity contribution in [3.63, 3.8) is 0 Å². The van der Waals surface area contributed by atoms with E-state index in [4.69, 9.17) is 0 Å². The van der Waals surface area contributed by atoms with Crippen molar-refractivity contribution in [2.75, 3.05) is 9.80 Å². The predicted molar refractivity (Wildman–Crippen MR) is 131 cm³/mol. The Labute approximate surface area is 195 Å². The van der Waals surface area contributed by atoms with Gasteiger partial charge in [0.15, 0.2) is 0 Å². The quantitative estimate of drug-likeness (QED) is 0.643. The third kappa shape index (κ3) is 5.00. The first kappa shape index (κ1) is 25.5. The summed E-state index contributed by atoms with van der Waals surface area (Å²) >= 11 is 0. The van der Waals surface area contributed by atoms with Crippen molar-refractivity contribution in [2.45, 2.75) is 48.0 Å². The van der Waals surface area contributed by atoms with Crippen LogP contribution in [0.5, 0.6) is 0 Å². The number of nitrogens with zero attached hydrogens (tertiary/aromatic N) is 2. The fraction of sp³-hybridized carbons (Fsp3) is 0.259. The van der Waals surface area contributed by atoms with Crippen molar-refractivity contribution in [1.29, 1.82) is 0 Å². The summed E-state index contributed by atoms with van der Waals surface area (Å²) in [5, 5.41) is 0. The van der Waals surface area contributed by atoms with Crippen molar-refractivity contribution in [3.05, 3.63) is 83.0 Å². The lowest BCUT2D eigenvalue weighted by molar-refractivity contribution is -0.121. The zero-order chi connectivity index (χ0) is 23.4. The van der Waals surface area contributed by atoms with Crippen molar-refractivity contribution in [3.8, 4) is 0 Å². The lowest BCUT2D eigenvalue weighted by Crippen LogP contribution is -2.31. The molecule has 2 heterocycles. The maximum absolute atomic E-state index is 11.6. The number of benzene rings is 2. The van der Waals surface area contributed by atoms with Crippen LogP contribution in [0.25, 0.3) is 0 Å². The van der Waals surface area contributed by atoms with Gasteiger partial charge in [0, 0.05) is 24.3 Å². The van der Waals surface area contributed by atoms with Crippen LogP contribution in [0.4, 0.5) is 11.4 Å². The van der Waals surface area contributed by atoms with Gasteiger partial charge in [0.25, 0.3) is 23.6 Å². The maximum Gasteiger partial charge on any atom is 0.258 e. The first-order valence-electron chi connectivity index (χ1n) is 10.6. The number of para-hydroxylation sites is 2. The van der Waals surface area contributed by atoms with Crippen LogP contribution in [0, 0.1) is 13.8 Å². The van der Waals surface area contributed by atoms with E-state index in [1.807, 2.05) is 64.1 Å². The van der Waals surface area contributed by atoms with Gasteiger partial charge in [0.05, 0.1) is 11.4 Å². The molecule has 0 saturated carbocycles. The fourth-order valence-electron chi connectivity index (χ4n) is 3.89. The lowest BCUT2D eigenvalue weighted by atomic mass is 10.0. The number of anilines is 2. The maximum atomic E-state index is 11.6. The molecule has 0 unspecified atom stereocenters. The zero-order valence-electron chi connectivity index (χ0n) is 18.7. The molecule has 2 aromatic carbocycles. The molecule has 6 nitrogen and oxygen atoms in total. The molecule has 2 aromatic rings. The Morgan fingerprint density at radius 3 is 1.15 bits per heavy atom. The van der Waals surface area contributed by atoms with Crippen molar-refractivity contribution in [1.82, 2.24) is 0 Å². The summed E-state index contributed by atoms with van der Waals surface area (Å²) in [5.74, 6) is -1.02. The molecule has 0 atom stereocenters. The average molecular weight is 447 g/mol. The monoisotopic (exact) mass is 446 g/mol. The minimum absolute atomic E-state index is 0. The van der Waals surface area contributed by atoms with Crippen LogP contribution in [0.3, 0.4) is 0 Å². The molecule has 0 fully saturated rings. The molecule has 0 aromatic heterocycles. The Balaban J connectivity index is 0.000000227. The molecule has 33 heavy (non-hydrogen) atoms. The van der Waals surface area contributed by atoms with Crippen LogP contribution < -0.4 is 9.80 Å². The highest BCUT2D eigenvalue weighted by atomic mass is 16.2. The van der Waals surface area contributed by atoms with E-state index in [1.165, 1.54) is 34.1 Å². The topological polar surface area (TPSA) is 74.8 Å².